The lowest BCUT2D eigenvalue weighted by molar-refractivity contribution is -0.145. The quantitative estimate of drug-likeness (QED) is 0.800. The van der Waals surface area contributed by atoms with Crippen LogP contribution >= 0.6 is 0 Å². The lowest BCUT2D eigenvalue weighted by Gasteiger charge is -2.40. The highest BCUT2D eigenvalue weighted by molar-refractivity contribution is 5.83. The van der Waals surface area contributed by atoms with Gasteiger partial charge in [-0.2, -0.15) is 0 Å². The van der Waals surface area contributed by atoms with Crippen molar-refractivity contribution in [3.05, 3.63) is 0 Å². The summed E-state index contributed by atoms with van der Waals surface area (Å²) in [6.07, 6.45) is 5.06. The van der Waals surface area contributed by atoms with Crippen LogP contribution in [-0.4, -0.2) is 37.0 Å². The van der Waals surface area contributed by atoms with Gasteiger partial charge in [-0.3, -0.25) is 4.79 Å². The molecule has 1 fully saturated rings. The molecule has 0 aromatic rings. The Morgan fingerprint density at radius 3 is 2.18 bits per heavy atom. The Morgan fingerprint density at radius 2 is 1.76 bits per heavy atom. The van der Waals surface area contributed by atoms with Gasteiger partial charge < -0.3 is 10.2 Å². The third-order valence-corrected chi connectivity index (χ3v) is 4.50. The predicted molar refractivity (Wildman–Crippen MR) is 72.0 cm³/mol. The van der Waals surface area contributed by atoms with Crippen molar-refractivity contribution < 1.29 is 4.79 Å². The van der Waals surface area contributed by atoms with E-state index in [1.165, 1.54) is 0 Å². The molecule has 17 heavy (non-hydrogen) atoms. The highest BCUT2D eigenvalue weighted by Gasteiger charge is 2.40. The van der Waals surface area contributed by atoms with E-state index >= 15 is 0 Å². The maximum absolute atomic E-state index is 12.7. The average Bonchev–Trinajstić information content (AvgIpc) is 2.39. The van der Waals surface area contributed by atoms with Crippen LogP contribution in [0.25, 0.3) is 0 Å². The lowest BCUT2D eigenvalue weighted by Crippen LogP contribution is -2.50. The molecule has 100 valence electrons. The molecular weight excluding hydrogens is 212 g/mol. The van der Waals surface area contributed by atoms with E-state index in [9.17, 15) is 4.79 Å². The Labute approximate surface area is 106 Å². The minimum atomic E-state index is -0.0947. The van der Waals surface area contributed by atoms with Crippen LogP contribution in [-0.2, 0) is 4.79 Å². The summed E-state index contributed by atoms with van der Waals surface area (Å²) in [7, 11) is 1.99. The number of amides is 1. The summed E-state index contributed by atoms with van der Waals surface area (Å²) in [6.45, 7) is 8.45. The zero-order valence-corrected chi connectivity index (χ0v) is 11.9. The number of hydrogen-bond donors (Lipinski definition) is 1. The molecule has 1 heterocycles. The molecule has 1 amide bonds. The van der Waals surface area contributed by atoms with Gasteiger partial charge in [0.2, 0.25) is 5.91 Å². The first kappa shape index (κ1) is 14.5. The standard InChI is InChI=1S/C14H28N2O/c1-5-12(6-2)16(4)13(17)14(7-3)8-10-15-11-9-14/h12,15H,5-11H2,1-4H3. The van der Waals surface area contributed by atoms with Gasteiger partial charge in [0, 0.05) is 13.1 Å². The molecule has 0 aromatic heterocycles. The van der Waals surface area contributed by atoms with Crippen molar-refractivity contribution in [3.63, 3.8) is 0 Å². The summed E-state index contributed by atoms with van der Waals surface area (Å²) in [6, 6.07) is 0.404. The van der Waals surface area contributed by atoms with Crippen molar-refractivity contribution in [2.24, 2.45) is 5.41 Å². The second kappa shape index (κ2) is 6.39. The van der Waals surface area contributed by atoms with Gasteiger partial charge >= 0.3 is 0 Å². The Kier molecular flexibility index (Phi) is 5.44. The largest absolute Gasteiger partial charge is 0.342 e. The first-order valence-electron chi connectivity index (χ1n) is 7.09. The average molecular weight is 240 g/mol. The van der Waals surface area contributed by atoms with Gasteiger partial charge in [-0.25, -0.2) is 0 Å². The number of hydrogen-bond acceptors (Lipinski definition) is 2. The van der Waals surface area contributed by atoms with E-state index in [4.69, 9.17) is 0 Å². The minimum absolute atomic E-state index is 0.0947. The Balaban J connectivity index is 2.77. The maximum atomic E-state index is 12.7. The van der Waals surface area contributed by atoms with Crippen molar-refractivity contribution in [3.8, 4) is 0 Å². The zero-order chi connectivity index (χ0) is 12.9. The van der Waals surface area contributed by atoms with Crippen LogP contribution in [0.1, 0.15) is 52.9 Å². The lowest BCUT2D eigenvalue weighted by atomic mass is 9.75. The first-order chi connectivity index (χ1) is 8.11. The molecule has 0 aromatic carbocycles. The fourth-order valence-corrected chi connectivity index (χ4v) is 3.00. The van der Waals surface area contributed by atoms with Crippen LogP contribution in [0, 0.1) is 5.41 Å². The summed E-state index contributed by atoms with van der Waals surface area (Å²) in [4.78, 5) is 14.7. The van der Waals surface area contributed by atoms with E-state index in [-0.39, 0.29) is 5.41 Å². The van der Waals surface area contributed by atoms with Gasteiger partial charge in [0.15, 0.2) is 0 Å². The van der Waals surface area contributed by atoms with Gasteiger partial charge in [-0.1, -0.05) is 20.8 Å². The van der Waals surface area contributed by atoms with Crippen LogP contribution in [0.4, 0.5) is 0 Å². The van der Waals surface area contributed by atoms with E-state index in [0.717, 1.165) is 45.2 Å². The van der Waals surface area contributed by atoms with Gasteiger partial charge in [0.05, 0.1) is 5.41 Å². The topological polar surface area (TPSA) is 32.3 Å². The molecule has 0 spiro atoms. The highest BCUT2D eigenvalue weighted by atomic mass is 16.2. The van der Waals surface area contributed by atoms with Crippen molar-refractivity contribution in [1.82, 2.24) is 10.2 Å². The summed E-state index contributed by atoms with van der Waals surface area (Å²) >= 11 is 0. The molecule has 0 bridgehead atoms. The van der Waals surface area contributed by atoms with E-state index in [0.29, 0.717) is 11.9 Å². The second-order valence-corrected chi connectivity index (χ2v) is 5.27. The van der Waals surface area contributed by atoms with Crippen LogP contribution < -0.4 is 5.32 Å². The molecule has 1 aliphatic heterocycles. The molecule has 0 saturated carbocycles. The van der Waals surface area contributed by atoms with E-state index in [2.05, 4.69) is 26.1 Å². The number of carbonyl (C=O) groups excluding carboxylic acids is 1. The maximum Gasteiger partial charge on any atom is 0.228 e. The molecule has 3 heteroatoms. The molecule has 0 atom stereocenters. The van der Waals surface area contributed by atoms with Crippen molar-refractivity contribution in [2.45, 2.75) is 58.9 Å². The summed E-state index contributed by atoms with van der Waals surface area (Å²) in [5.41, 5.74) is -0.0947. The minimum Gasteiger partial charge on any atom is -0.342 e. The van der Waals surface area contributed by atoms with Crippen molar-refractivity contribution >= 4 is 5.91 Å². The monoisotopic (exact) mass is 240 g/mol. The SMILES string of the molecule is CCC(CC)N(C)C(=O)C1(CC)CCNCC1. The Bertz CT molecular complexity index is 243. The van der Waals surface area contributed by atoms with Crippen LogP contribution in [0.3, 0.4) is 0 Å². The van der Waals surface area contributed by atoms with Crippen molar-refractivity contribution in [1.29, 1.82) is 0 Å². The summed E-state index contributed by atoms with van der Waals surface area (Å²) < 4.78 is 0. The Morgan fingerprint density at radius 1 is 1.24 bits per heavy atom. The first-order valence-corrected chi connectivity index (χ1v) is 7.09. The third-order valence-electron chi connectivity index (χ3n) is 4.50. The van der Waals surface area contributed by atoms with Crippen LogP contribution in [0.15, 0.2) is 0 Å². The van der Waals surface area contributed by atoms with E-state index in [1.807, 2.05) is 11.9 Å². The number of rotatable bonds is 5. The van der Waals surface area contributed by atoms with Gasteiger partial charge in [-0.05, 0) is 45.2 Å². The molecule has 1 aliphatic rings. The molecule has 3 nitrogen and oxygen atoms in total. The Hall–Kier alpha value is -0.570. The predicted octanol–water partition coefficient (Wildman–Crippen LogP) is 2.41. The van der Waals surface area contributed by atoms with Gasteiger partial charge in [0.1, 0.15) is 0 Å². The number of piperidine rings is 1. The van der Waals surface area contributed by atoms with Crippen LogP contribution in [0.2, 0.25) is 0 Å². The third kappa shape index (κ3) is 3.01. The number of carbonyl (C=O) groups is 1. The molecular formula is C14H28N2O. The molecule has 1 rings (SSSR count). The molecule has 1 N–H and O–H groups in total. The highest BCUT2D eigenvalue weighted by Crippen LogP contribution is 2.35. The molecule has 1 saturated heterocycles. The van der Waals surface area contributed by atoms with Crippen molar-refractivity contribution in [2.75, 3.05) is 20.1 Å². The van der Waals surface area contributed by atoms with E-state index in [1.54, 1.807) is 0 Å². The zero-order valence-electron chi connectivity index (χ0n) is 11.9. The number of nitrogens with zero attached hydrogens (tertiary/aromatic N) is 1. The fraction of sp³-hybridized carbons (Fsp3) is 0.929. The smallest absolute Gasteiger partial charge is 0.228 e. The van der Waals surface area contributed by atoms with Crippen LogP contribution in [0.5, 0.6) is 0 Å². The summed E-state index contributed by atoms with van der Waals surface area (Å²) in [5, 5.41) is 3.35. The summed E-state index contributed by atoms with van der Waals surface area (Å²) in [5.74, 6) is 0.371. The molecule has 0 radical (unpaired) electrons. The number of nitrogens with one attached hydrogen (secondary N) is 1. The van der Waals surface area contributed by atoms with Gasteiger partial charge in [0.25, 0.3) is 0 Å². The van der Waals surface area contributed by atoms with E-state index < -0.39 is 0 Å². The van der Waals surface area contributed by atoms with Gasteiger partial charge in [-0.15, -0.1) is 0 Å². The molecule has 0 aliphatic carbocycles. The second-order valence-electron chi connectivity index (χ2n) is 5.27. The molecule has 0 unspecified atom stereocenters. The normalized spacial score (nSPS) is 19.4. The fourth-order valence-electron chi connectivity index (χ4n) is 3.00.